The molecule has 1 aliphatic carbocycles. The summed E-state index contributed by atoms with van der Waals surface area (Å²) in [5, 5.41) is 0. The zero-order valence-electron chi connectivity index (χ0n) is 12.2. The molecule has 1 heterocycles. The van der Waals surface area contributed by atoms with Crippen LogP contribution in [-0.2, 0) is 0 Å². The molecule has 2 fully saturated rings. The van der Waals surface area contributed by atoms with Crippen LogP contribution in [-0.4, -0.2) is 34.4 Å². The summed E-state index contributed by atoms with van der Waals surface area (Å²) in [5.41, 5.74) is 7.17. The number of hydrogen-bond acceptors (Lipinski definition) is 3. The van der Waals surface area contributed by atoms with E-state index in [2.05, 4.69) is 11.8 Å². The van der Waals surface area contributed by atoms with Gasteiger partial charge in [0.15, 0.2) is 0 Å². The maximum Gasteiger partial charge on any atom is 0.254 e. The minimum absolute atomic E-state index is 0. The normalized spacial score (nSPS) is 20.9. The minimum atomic E-state index is 0. The van der Waals surface area contributed by atoms with E-state index in [1.54, 1.807) is 6.07 Å². The van der Waals surface area contributed by atoms with Gasteiger partial charge >= 0.3 is 0 Å². The number of nitrogens with two attached hydrogens (primary N) is 1. The van der Waals surface area contributed by atoms with E-state index in [1.807, 2.05) is 23.1 Å². The first kappa shape index (κ1) is 16.5. The quantitative estimate of drug-likeness (QED) is 0.802. The second kappa shape index (κ2) is 6.93. The molecule has 21 heavy (non-hydrogen) atoms. The van der Waals surface area contributed by atoms with E-state index >= 15 is 0 Å². The Labute approximate surface area is 137 Å². The zero-order valence-corrected chi connectivity index (χ0v) is 13.8. The Kier molecular flexibility index (Phi) is 5.44. The summed E-state index contributed by atoms with van der Waals surface area (Å²) in [5.74, 6) is 1.20. The van der Waals surface area contributed by atoms with Crippen molar-refractivity contribution in [3.05, 3.63) is 29.8 Å². The average Bonchev–Trinajstić information content (AvgIpc) is 2.47. The first-order chi connectivity index (χ1) is 9.69. The van der Waals surface area contributed by atoms with Gasteiger partial charge in [0.25, 0.3) is 5.91 Å². The first-order valence-corrected chi connectivity index (χ1v) is 8.46. The Bertz CT molecular complexity index is 497. The van der Waals surface area contributed by atoms with Gasteiger partial charge in [-0.2, -0.15) is 11.8 Å². The number of amides is 1. The molecule has 3 nitrogen and oxygen atoms in total. The van der Waals surface area contributed by atoms with E-state index in [9.17, 15) is 4.79 Å². The summed E-state index contributed by atoms with van der Waals surface area (Å²) in [6.07, 6.45) is 6.50. The summed E-state index contributed by atoms with van der Waals surface area (Å²) >= 11 is 2.09. The molecule has 1 spiro atoms. The lowest BCUT2D eigenvalue weighted by Crippen LogP contribution is -2.49. The summed E-state index contributed by atoms with van der Waals surface area (Å²) in [6, 6.07) is 7.34. The summed E-state index contributed by atoms with van der Waals surface area (Å²) < 4.78 is 0.326. The number of nitrogen functional groups attached to an aromatic ring is 1. The van der Waals surface area contributed by atoms with Gasteiger partial charge in [-0.3, -0.25) is 4.79 Å². The number of carbonyl (C=O) groups excluding carboxylic acids is 1. The van der Waals surface area contributed by atoms with E-state index in [-0.39, 0.29) is 18.3 Å². The second-order valence-electron chi connectivity index (χ2n) is 5.94. The van der Waals surface area contributed by atoms with Crippen LogP contribution in [0.4, 0.5) is 5.69 Å². The third kappa shape index (κ3) is 3.67. The van der Waals surface area contributed by atoms with Crippen molar-refractivity contribution in [1.29, 1.82) is 0 Å². The number of carbonyl (C=O) groups is 1. The molecule has 2 N–H and O–H groups in total. The molecule has 0 radical (unpaired) electrons. The molecule has 0 unspecified atom stereocenters. The summed E-state index contributed by atoms with van der Waals surface area (Å²) in [7, 11) is 0. The minimum Gasteiger partial charge on any atom is -0.399 e. The smallest absolute Gasteiger partial charge is 0.254 e. The zero-order chi connectivity index (χ0) is 14.0. The van der Waals surface area contributed by atoms with Crippen molar-refractivity contribution in [3.8, 4) is 0 Å². The average molecular weight is 327 g/mol. The van der Waals surface area contributed by atoms with Crippen LogP contribution in [0.5, 0.6) is 0 Å². The van der Waals surface area contributed by atoms with Crippen molar-refractivity contribution in [2.24, 2.45) is 0 Å². The Morgan fingerprint density at radius 1 is 1.24 bits per heavy atom. The fourth-order valence-electron chi connectivity index (χ4n) is 3.37. The van der Waals surface area contributed by atoms with Crippen molar-refractivity contribution >= 4 is 35.8 Å². The monoisotopic (exact) mass is 326 g/mol. The molecule has 1 amide bonds. The van der Waals surface area contributed by atoms with Crippen molar-refractivity contribution in [2.45, 2.75) is 36.9 Å². The van der Waals surface area contributed by atoms with Crippen molar-refractivity contribution in [2.75, 3.05) is 24.6 Å². The molecule has 5 heteroatoms. The fourth-order valence-corrected chi connectivity index (χ4v) is 4.94. The first-order valence-electron chi connectivity index (χ1n) is 7.47. The molecule has 1 saturated heterocycles. The predicted octanol–water partition coefficient (Wildman–Crippen LogP) is 3.58. The Morgan fingerprint density at radius 3 is 2.71 bits per heavy atom. The maximum absolute atomic E-state index is 12.6. The van der Waals surface area contributed by atoms with Gasteiger partial charge < -0.3 is 10.6 Å². The molecule has 0 bridgehead atoms. The highest BCUT2D eigenvalue weighted by molar-refractivity contribution is 8.00. The van der Waals surface area contributed by atoms with E-state index in [0.29, 0.717) is 10.4 Å². The van der Waals surface area contributed by atoms with E-state index in [0.717, 1.165) is 24.4 Å². The molecular formula is C16H23ClN2OS. The van der Waals surface area contributed by atoms with Gasteiger partial charge in [0.1, 0.15) is 0 Å². The van der Waals surface area contributed by atoms with Crippen LogP contribution >= 0.6 is 24.2 Å². The predicted molar refractivity (Wildman–Crippen MR) is 92.3 cm³/mol. The molecule has 1 aromatic carbocycles. The van der Waals surface area contributed by atoms with Gasteiger partial charge in [-0.05, 0) is 31.0 Å². The van der Waals surface area contributed by atoms with Gasteiger partial charge in [-0.15, -0.1) is 12.4 Å². The molecule has 116 valence electrons. The van der Waals surface area contributed by atoms with Gasteiger partial charge in [0.2, 0.25) is 0 Å². The highest BCUT2D eigenvalue weighted by Gasteiger charge is 2.38. The SMILES string of the molecule is Cl.Nc1cccc(C(=O)N2CCSC3(CCCCC3)C2)c1. The van der Waals surface area contributed by atoms with Crippen LogP contribution in [0.25, 0.3) is 0 Å². The number of hydrogen-bond donors (Lipinski definition) is 1. The number of rotatable bonds is 1. The van der Waals surface area contributed by atoms with Crippen LogP contribution in [0, 0.1) is 0 Å². The maximum atomic E-state index is 12.6. The second-order valence-corrected chi connectivity index (χ2v) is 7.51. The van der Waals surface area contributed by atoms with Crippen molar-refractivity contribution in [1.82, 2.24) is 4.90 Å². The van der Waals surface area contributed by atoms with Gasteiger partial charge in [0, 0.05) is 34.8 Å². The molecule has 0 aromatic heterocycles. The summed E-state index contributed by atoms with van der Waals surface area (Å²) in [4.78, 5) is 14.7. The Hall–Kier alpha value is -0.870. The van der Waals surface area contributed by atoms with Gasteiger partial charge in [-0.1, -0.05) is 25.3 Å². The number of thioether (sulfide) groups is 1. The van der Waals surface area contributed by atoms with Gasteiger partial charge in [-0.25, -0.2) is 0 Å². The third-order valence-corrected chi connectivity index (χ3v) is 5.97. The largest absolute Gasteiger partial charge is 0.399 e. The van der Waals surface area contributed by atoms with E-state index in [4.69, 9.17) is 5.73 Å². The third-order valence-electron chi connectivity index (χ3n) is 4.43. The molecule has 3 rings (SSSR count). The Morgan fingerprint density at radius 2 is 2.00 bits per heavy atom. The van der Waals surface area contributed by atoms with E-state index < -0.39 is 0 Å². The van der Waals surface area contributed by atoms with Gasteiger partial charge in [0.05, 0.1) is 0 Å². The number of halogens is 1. The fraction of sp³-hybridized carbons (Fsp3) is 0.562. The lowest BCUT2D eigenvalue weighted by atomic mass is 9.87. The topological polar surface area (TPSA) is 46.3 Å². The molecule has 1 aromatic rings. The van der Waals surface area contributed by atoms with Crippen LogP contribution in [0.2, 0.25) is 0 Å². The van der Waals surface area contributed by atoms with Crippen LogP contribution in [0.3, 0.4) is 0 Å². The van der Waals surface area contributed by atoms with Crippen molar-refractivity contribution < 1.29 is 4.79 Å². The number of benzene rings is 1. The van der Waals surface area contributed by atoms with E-state index in [1.165, 1.54) is 32.1 Å². The molecule has 1 saturated carbocycles. The van der Waals surface area contributed by atoms with Crippen LogP contribution < -0.4 is 5.73 Å². The van der Waals surface area contributed by atoms with Crippen LogP contribution in [0.15, 0.2) is 24.3 Å². The molecule has 0 atom stereocenters. The highest BCUT2D eigenvalue weighted by atomic mass is 35.5. The lowest BCUT2D eigenvalue weighted by molar-refractivity contribution is 0.0730. The van der Waals surface area contributed by atoms with Crippen molar-refractivity contribution in [3.63, 3.8) is 0 Å². The lowest BCUT2D eigenvalue weighted by Gasteiger charge is -2.44. The number of nitrogens with zero attached hydrogens (tertiary/aromatic N) is 1. The molecule has 1 aliphatic heterocycles. The summed E-state index contributed by atoms with van der Waals surface area (Å²) in [6.45, 7) is 1.77. The number of anilines is 1. The standard InChI is InChI=1S/C16H22N2OS.ClH/c17-14-6-4-5-13(11-14)15(19)18-9-10-20-16(12-18)7-2-1-3-8-16;/h4-6,11H,1-3,7-10,12,17H2;1H. The Balaban J connectivity index is 0.00000161. The molecular weight excluding hydrogens is 304 g/mol. The highest BCUT2D eigenvalue weighted by Crippen LogP contribution is 2.42. The molecule has 2 aliphatic rings. The van der Waals surface area contributed by atoms with Crippen LogP contribution in [0.1, 0.15) is 42.5 Å².